The summed E-state index contributed by atoms with van der Waals surface area (Å²) >= 11 is 7.92. The number of rotatable bonds is 7. The molecule has 174 valence electrons. The van der Waals surface area contributed by atoms with E-state index >= 15 is 0 Å². The molecule has 3 aromatic carbocycles. The molecule has 0 saturated carbocycles. The third kappa shape index (κ3) is 5.56. The van der Waals surface area contributed by atoms with E-state index in [9.17, 15) is 9.59 Å². The Balaban J connectivity index is 1.53. The summed E-state index contributed by atoms with van der Waals surface area (Å²) in [5.41, 5.74) is 3.73. The Morgan fingerprint density at radius 2 is 1.76 bits per heavy atom. The number of nitrogens with zero attached hydrogens (tertiary/aromatic N) is 1. The quantitative estimate of drug-likeness (QED) is 0.265. The van der Waals surface area contributed by atoms with Crippen LogP contribution >= 0.6 is 43.6 Å². The molecule has 0 aliphatic carbocycles. The van der Waals surface area contributed by atoms with E-state index in [1.165, 1.54) is 4.90 Å². The van der Waals surface area contributed by atoms with Gasteiger partial charge in [0.1, 0.15) is 6.61 Å². The fourth-order valence-electron chi connectivity index (χ4n) is 3.44. The number of aryl methyl sites for hydroxylation is 1. The fourth-order valence-corrected chi connectivity index (χ4v) is 5.12. The second-order valence-electron chi connectivity index (χ2n) is 7.64. The fraction of sp³-hybridized carbons (Fsp3) is 0.154. The van der Waals surface area contributed by atoms with Crippen molar-refractivity contribution < 1.29 is 19.1 Å². The number of hydrogen-bond acceptors (Lipinski definition) is 5. The number of benzene rings is 3. The molecule has 0 aromatic heterocycles. The molecule has 1 fully saturated rings. The summed E-state index contributed by atoms with van der Waals surface area (Å²) < 4.78 is 13.2. The van der Waals surface area contributed by atoms with E-state index in [0.717, 1.165) is 38.5 Å². The Hall–Kier alpha value is -2.55. The number of carbonyl (C=O) groups is 2. The van der Waals surface area contributed by atoms with E-state index < -0.39 is 0 Å². The molecule has 34 heavy (non-hydrogen) atoms. The Morgan fingerprint density at radius 3 is 2.47 bits per heavy atom. The molecule has 0 unspecified atom stereocenters. The third-order valence-electron chi connectivity index (χ3n) is 5.31. The van der Waals surface area contributed by atoms with Crippen molar-refractivity contribution in [3.05, 3.63) is 96.8 Å². The van der Waals surface area contributed by atoms with Gasteiger partial charge in [-0.15, -0.1) is 0 Å². The lowest BCUT2D eigenvalue weighted by Crippen LogP contribution is -2.27. The molecule has 0 spiro atoms. The highest BCUT2D eigenvalue weighted by atomic mass is 79.9. The van der Waals surface area contributed by atoms with Crippen molar-refractivity contribution in [3.8, 4) is 11.5 Å². The molecule has 0 N–H and O–H groups in total. The lowest BCUT2D eigenvalue weighted by molar-refractivity contribution is -0.123. The van der Waals surface area contributed by atoms with Crippen molar-refractivity contribution in [3.63, 3.8) is 0 Å². The van der Waals surface area contributed by atoms with Gasteiger partial charge in [0.15, 0.2) is 11.5 Å². The summed E-state index contributed by atoms with van der Waals surface area (Å²) in [7, 11) is 1.56. The molecule has 1 saturated heterocycles. The van der Waals surface area contributed by atoms with Crippen LogP contribution < -0.4 is 9.47 Å². The zero-order valence-corrected chi connectivity index (χ0v) is 22.5. The highest BCUT2D eigenvalue weighted by Crippen LogP contribution is 2.39. The molecule has 2 amide bonds. The Morgan fingerprint density at radius 1 is 1.03 bits per heavy atom. The number of carbonyl (C=O) groups excluding carboxylic acids is 2. The predicted octanol–water partition coefficient (Wildman–Crippen LogP) is 7.34. The van der Waals surface area contributed by atoms with Crippen LogP contribution in [0, 0.1) is 6.92 Å². The van der Waals surface area contributed by atoms with Crippen molar-refractivity contribution in [1.82, 2.24) is 4.90 Å². The van der Waals surface area contributed by atoms with E-state index in [-0.39, 0.29) is 17.7 Å². The average Bonchev–Trinajstić information content (AvgIpc) is 3.07. The van der Waals surface area contributed by atoms with Gasteiger partial charge in [-0.25, -0.2) is 0 Å². The number of amides is 2. The number of methoxy groups -OCH3 is 1. The minimum atomic E-state index is -0.302. The lowest BCUT2D eigenvalue weighted by atomic mass is 10.1. The van der Waals surface area contributed by atoms with Gasteiger partial charge in [0.25, 0.3) is 11.1 Å². The summed E-state index contributed by atoms with van der Waals surface area (Å²) in [6, 6.07) is 19.2. The number of imide groups is 1. The molecule has 3 aromatic rings. The van der Waals surface area contributed by atoms with Crippen LogP contribution in [0.3, 0.4) is 0 Å². The average molecular weight is 603 g/mol. The predicted molar refractivity (Wildman–Crippen MR) is 142 cm³/mol. The topological polar surface area (TPSA) is 55.8 Å². The zero-order chi connectivity index (χ0) is 24.2. The Kier molecular flexibility index (Phi) is 7.80. The van der Waals surface area contributed by atoms with Crippen molar-refractivity contribution in [2.75, 3.05) is 7.11 Å². The van der Waals surface area contributed by atoms with E-state index in [1.54, 1.807) is 19.3 Å². The summed E-state index contributed by atoms with van der Waals surface area (Å²) in [5, 5.41) is -0.278. The second kappa shape index (κ2) is 10.8. The van der Waals surface area contributed by atoms with Crippen molar-refractivity contribution in [2.45, 2.75) is 20.1 Å². The second-order valence-corrected chi connectivity index (χ2v) is 10.4. The molecule has 1 aliphatic rings. The van der Waals surface area contributed by atoms with Gasteiger partial charge in [-0.05, 0) is 87.2 Å². The summed E-state index contributed by atoms with van der Waals surface area (Å²) in [6.07, 6.45) is 1.70. The first-order chi connectivity index (χ1) is 16.4. The molecule has 0 radical (unpaired) electrons. The van der Waals surface area contributed by atoms with E-state index in [1.807, 2.05) is 61.5 Å². The first kappa shape index (κ1) is 24.6. The molecule has 8 heteroatoms. The number of thioether (sulfide) groups is 1. The van der Waals surface area contributed by atoms with Gasteiger partial charge in [-0.2, -0.15) is 0 Å². The smallest absolute Gasteiger partial charge is 0.293 e. The van der Waals surface area contributed by atoms with Gasteiger partial charge in [0.2, 0.25) is 0 Å². The van der Waals surface area contributed by atoms with Gasteiger partial charge in [-0.1, -0.05) is 52.3 Å². The lowest BCUT2D eigenvalue weighted by Gasteiger charge is -2.14. The maximum absolute atomic E-state index is 13.0. The standard InChI is InChI=1S/C26H21Br2NO4S/c1-16-5-3-4-6-19(16)14-29-25(30)23(34-26(29)31)13-18-11-21(28)24(22(12-18)32-2)33-15-17-7-9-20(27)10-8-17/h3-13H,14-15H2,1-2H3/b23-13-. The van der Waals surface area contributed by atoms with Crippen molar-refractivity contribution in [2.24, 2.45) is 0 Å². The zero-order valence-electron chi connectivity index (χ0n) is 18.5. The van der Waals surface area contributed by atoms with Gasteiger partial charge >= 0.3 is 0 Å². The third-order valence-corrected chi connectivity index (χ3v) is 7.33. The summed E-state index contributed by atoms with van der Waals surface area (Å²) in [4.78, 5) is 27.2. The normalized spacial score (nSPS) is 14.7. The van der Waals surface area contributed by atoms with Crippen LogP contribution in [0.15, 0.2) is 74.5 Å². The molecular formula is C26H21Br2NO4S. The number of halogens is 2. The molecule has 0 atom stereocenters. The maximum atomic E-state index is 13.0. The van der Waals surface area contributed by atoms with Crippen LogP contribution in [0.5, 0.6) is 11.5 Å². The summed E-state index contributed by atoms with van der Waals surface area (Å²) in [6.45, 7) is 2.60. The number of hydrogen-bond donors (Lipinski definition) is 0. The van der Waals surface area contributed by atoms with Crippen LogP contribution in [0.2, 0.25) is 0 Å². The highest BCUT2D eigenvalue weighted by Gasteiger charge is 2.35. The first-order valence-corrected chi connectivity index (χ1v) is 12.8. The molecule has 1 aliphatic heterocycles. The summed E-state index contributed by atoms with van der Waals surface area (Å²) in [5.74, 6) is 0.788. The SMILES string of the molecule is COc1cc(/C=C2\SC(=O)N(Cc3ccccc3C)C2=O)cc(Br)c1OCc1ccc(Br)cc1. The van der Waals surface area contributed by atoms with E-state index in [2.05, 4.69) is 31.9 Å². The van der Waals surface area contributed by atoms with Gasteiger partial charge in [0, 0.05) is 4.47 Å². The van der Waals surface area contributed by atoms with Gasteiger partial charge in [-0.3, -0.25) is 14.5 Å². The maximum Gasteiger partial charge on any atom is 0.293 e. The molecule has 4 rings (SSSR count). The van der Waals surface area contributed by atoms with Gasteiger partial charge in [0.05, 0.1) is 23.0 Å². The molecule has 0 bridgehead atoms. The minimum Gasteiger partial charge on any atom is -0.493 e. The van der Waals surface area contributed by atoms with Gasteiger partial charge < -0.3 is 9.47 Å². The monoisotopic (exact) mass is 601 g/mol. The Bertz CT molecular complexity index is 1270. The molecule has 5 nitrogen and oxygen atoms in total. The highest BCUT2D eigenvalue weighted by molar-refractivity contribution is 9.10. The molecular weight excluding hydrogens is 582 g/mol. The largest absolute Gasteiger partial charge is 0.493 e. The van der Waals surface area contributed by atoms with Crippen LogP contribution in [-0.2, 0) is 17.9 Å². The van der Waals surface area contributed by atoms with Crippen molar-refractivity contribution >= 4 is 60.8 Å². The molecule has 1 heterocycles. The van der Waals surface area contributed by atoms with Crippen molar-refractivity contribution in [1.29, 1.82) is 0 Å². The van der Waals surface area contributed by atoms with E-state index in [4.69, 9.17) is 9.47 Å². The van der Waals surface area contributed by atoms with Crippen LogP contribution in [0.25, 0.3) is 6.08 Å². The van der Waals surface area contributed by atoms with Crippen LogP contribution in [-0.4, -0.2) is 23.2 Å². The first-order valence-electron chi connectivity index (χ1n) is 10.4. The van der Waals surface area contributed by atoms with Crippen LogP contribution in [0.1, 0.15) is 22.3 Å². The van der Waals surface area contributed by atoms with E-state index in [0.29, 0.717) is 27.5 Å². The minimum absolute atomic E-state index is 0.254. The Labute approximate surface area is 219 Å². The van der Waals surface area contributed by atoms with Crippen LogP contribution in [0.4, 0.5) is 4.79 Å². The number of ether oxygens (including phenoxy) is 2.